The SMILES string of the molecule is O=S1O[C@H]2[C@H](N3c4ccccc4CCc4cc(F)ccc43)CCC[C@H]2O1.O[C@@H]1[C@H](O)CCC[C@H]1N1c2ccccc2CCc2cc(F)ccc21. The maximum Gasteiger partial charge on any atom is 0.305 e. The lowest BCUT2D eigenvalue weighted by Gasteiger charge is -2.41. The Hall–Kier alpha value is -3.67. The summed E-state index contributed by atoms with van der Waals surface area (Å²) in [7, 11) is 0. The van der Waals surface area contributed by atoms with Gasteiger partial charge in [0.1, 0.15) is 29.9 Å². The number of benzene rings is 4. The van der Waals surface area contributed by atoms with Gasteiger partial charge in [-0.25, -0.2) is 8.78 Å². The average molecular weight is 701 g/mol. The number of hydrogen-bond donors (Lipinski definition) is 2. The van der Waals surface area contributed by atoms with Crippen molar-refractivity contribution in [1.29, 1.82) is 0 Å². The number of hydrogen-bond acceptors (Lipinski definition) is 7. The zero-order valence-corrected chi connectivity index (χ0v) is 28.6. The number of aliphatic hydroxyl groups is 2. The highest BCUT2D eigenvalue weighted by Crippen LogP contribution is 2.44. The maximum absolute atomic E-state index is 13.9. The van der Waals surface area contributed by atoms with Crippen LogP contribution in [-0.4, -0.2) is 50.9 Å². The Kier molecular flexibility index (Phi) is 9.48. The molecule has 7 atom stereocenters. The number of halogens is 2. The number of nitrogens with zero attached hydrogens (tertiary/aromatic N) is 2. The first-order chi connectivity index (χ1) is 24.4. The van der Waals surface area contributed by atoms with Crippen LogP contribution in [0.3, 0.4) is 0 Å². The van der Waals surface area contributed by atoms with Crippen molar-refractivity contribution in [3.8, 4) is 0 Å². The third-order valence-corrected chi connectivity index (χ3v) is 11.8. The van der Waals surface area contributed by atoms with Gasteiger partial charge in [-0.1, -0.05) is 36.4 Å². The van der Waals surface area contributed by atoms with E-state index in [1.165, 1.54) is 23.3 Å². The van der Waals surface area contributed by atoms with Gasteiger partial charge in [0.2, 0.25) is 0 Å². The summed E-state index contributed by atoms with van der Waals surface area (Å²) < 4.78 is 50.6. The average Bonchev–Trinajstić information content (AvgIpc) is 3.34. The van der Waals surface area contributed by atoms with Crippen molar-refractivity contribution >= 4 is 34.1 Å². The van der Waals surface area contributed by atoms with E-state index in [4.69, 9.17) is 8.37 Å². The molecule has 50 heavy (non-hydrogen) atoms. The normalized spacial score (nSPS) is 28.4. The van der Waals surface area contributed by atoms with Crippen molar-refractivity contribution in [1.82, 2.24) is 0 Å². The number of fused-ring (bicyclic) bond motifs is 5. The number of aryl methyl sites for hydroxylation is 4. The first-order valence-corrected chi connectivity index (χ1v) is 18.8. The van der Waals surface area contributed by atoms with E-state index in [0.717, 1.165) is 91.7 Å². The molecule has 0 spiro atoms. The Bertz CT molecular complexity index is 1890. The van der Waals surface area contributed by atoms with Gasteiger partial charge in [-0.2, -0.15) is 4.21 Å². The molecule has 4 aromatic carbocycles. The Labute approximate surface area is 294 Å². The fourth-order valence-electron chi connectivity index (χ4n) is 8.65. The Morgan fingerprint density at radius 3 is 1.72 bits per heavy atom. The van der Waals surface area contributed by atoms with E-state index in [2.05, 4.69) is 34.1 Å². The maximum atomic E-state index is 13.9. The Balaban J connectivity index is 0.000000145. The molecule has 3 fully saturated rings. The summed E-state index contributed by atoms with van der Waals surface area (Å²) in [6.45, 7) is 0. The summed E-state index contributed by atoms with van der Waals surface area (Å²) in [6, 6.07) is 26.2. The van der Waals surface area contributed by atoms with Gasteiger partial charge in [0.15, 0.2) is 0 Å². The number of para-hydroxylation sites is 2. The van der Waals surface area contributed by atoms with Gasteiger partial charge >= 0.3 is 11.4 Å². The summed E-state index contributed by atoms with van der Waals surface area (Å²) in [5.74, 6) is -0.443. The van der Waals surface area contributed by atoms with E-state index in [1.54, 1.807) is 18.2 Å². The fourth-order valence-corrected chi connectivity index (χ4v) is 9.53. The van der Waals surface area contributed by atoms with Crippen molar-refractivity contribution in [2.24, 2.45) is 0 Å². The summed E-state index contributed by atoms with van der Waals surface area (Å²) in [4.78, 5) is 4.41. The molecule has 2 aliphatic carbocycles. The summed E-state index contributed by atoms with van der Waals surface area (Å²) in [5, 5.41) is 20.8. The molecule has 2 N–H and O–H groups in total. The second kappa shape index (κ2) is 14.2. The lowest BCUT2D eigenvalue weighted by atomic mass is 9.88. The van der Waals surface area contributed by atoms with Crippen molar-refractivity contribution in [3.05, 3.63) is 119 Å². The lowest BCUT2D eigenvalue weighted by molar-refractivity contribution is -0.0204. The van der Waals surface area contributed by atoms with Crippen LogP contribution in [-0.2, 0) is 45.4 Å². The van der Waals surface area contributed by atoms with E-state index in [1.807, 2.05) is 30.3 Å². The van der Waals surface area contributed by atoms with Gasteiger partial charge < -0.3 is 20.0 Å². The van der Waals surface area contributed by atoms with Crippen molar-refractivity contribution in [2.45, 2.75) is 101 Å². The smallest absolute Gasteiger partial charge is 0.305 e. The standard InChI is InChI=1S/C20H20FNO3S.C20H22FNO2/c21-15-10-11-17-14(12-15)9-8-13-4-1-2-5-16(13)22(17)18-6-3-7-19-20(18)25-26(23)24-19;21-15-10-11-17-14(12-15)9-8-13-4-1-2-5-16(13)22(17)18-6-3-7-19(23)20(18)24/h1-2,4-5,10-12,18-20H,3,6-9H2;1-2,4-5,10-12,18-20,23-24H,3,6-9H2/t18-,19-,20+,26?;18-,19-,20+/m11/s1. The fraction of sp³-hybridized carbons (Fsp3) is 0.400. The molecular formula is C40H42F2N2O5S. The van der Waals surface area contributed by atoms with E-state index in [0.29, 0.717) is 6.42 Å². The molecule has 9 rings (SSSR count). The molecule has 1 saturated heterocycles. The Morgan fingerprint density at radius 1 is 0.600 bits per heavy atom. The Morgan fingerprint density at radius 2 is 1.10 bits per heavy atom. The quantitative estimate of drug-likeness (QED) is 0.227. The first kappa shape index (κ1) is 33.5. The zero-order chi connectivity index (χ0) is 34.4. The molecule has 10 heteroatoms. The molecule has 2 saturated carbocycles. The van der Waals surface area contributed by atoms with E-state index < -0.39 is 23.6 Å². The highest BCUT2D eigenvalue weighted by Gasteiger charge is 2.47. The highest BCUT2D eigenvalue weighted by atomic mass is 32.2. The van der Waals surface area contributed by atoms with Gasteiger partial charge in [-0.3, -0.25) is 8.37 Å². The summed E-state index contributed by atoms with van der Waals surface area (Å²) >= 11 is -1.68. The molecule has 3 heterocycles. The van der Waals surface area contributed by atoms with Crippen LogP contribution in [0.15, 0.2) is 84.9 Å². The third kappa shape index (κ3) is 6.37. The van der Waals surface area contributed by atoms with Gasteiger partial charge in [-0.05, 0) is 135 Å². The molecule has 5 aliphatic rings. The van der Waals surface area contributed by atoms with Gasteiger partial charge in [-0.15, -0.1) is 0 Å². The van der Waals surface area contributed by atoms with Gasteiger partial charge in [0.05, 0.1) is 18.2 Å². The number of rotatable bonds is 2. The van der Waals surface area contributed by atoms with Crippen LogP contribution >= 0.6 is 0 Å². The zero-order valence-electron chi connectivity index (χ0n) is 27.8. The van der Waals surface area contributed by atoms with Gasteiger partial charge in [0.25, 0.3) is 0 Å². The molecule has 3 aliphatic heterocycles. The van der Waals surface area contributed by atoms with Crippen molar-refractivity contribution in [3.63, 3.8) is 0 Å². The first-order valence-electron chi connectivity index (χ1n) is 17.8. The number of aliphatic hydroxyl groups excluding tert-OH is 2. The minimum absolute atomic E-state index is 0.0173. The molecule has 0 bridgehead atoms. The van der Waals surface area contributed by atoms with Crippen LogP contribution < -0.4 is 9.80 Å². The van der Waals surface area contributed by atoms with Crippen LogP contribution in [0.5, 0.6) is 0 Å². The monoisotopic (exact) mass is 700 g/mol. The predicted molar refractivity (Wildman–Crippen MR) is 190 cm³/mol. The van der Waals surface area contributed by atoms with Crippen LogP contribution in [0.1, 0.15) is 60.8 Å². The largest absolute Gasteiger partial charge is 0.390 e. The second-order valence-corrected chi connectivity index (χ2v) is 14.8. The van der Waals surface area contributed by atoms with Crippen molar-refractivity contribution < 1.29 is 31.6 Å². The number of anilines is 4. The molecule has 7 nitrogen and oxygen atoms in total. The summed E-state index contributed by atoms with van der Waals surface area (Å²) in [5.41, 5.74) is 8.54. The van der Waals surface area contributed by atoms with Crippen molar-refractivity contribution in [2.75, 3.05) is 9.80 Å². The minimum Gasteiger partial charge on any atom is -0.390 e. The van der Waals surface area contributed by atoms with Crippen LogP contribution in [0.4, 0.5) is 31.5 Å². The van der Waals surface area contributed by atoms with E-state index in [9.17, 15) is 23.2 Å². The molecule has 1 unspecified atom stereocenters. The van der Waals surface area contributed by atoms with Crippen LogP contribution in [0.25, 0.3) is 0 Å². The molecule has 0 amide bonds. The lowest BCUT2D eigenvalue weighted by Crippen LogP contribution is -2.50. The minimum atomic E-state index is -1.68. The van der Waals surface area contributed by atoms with Gasteiger partial charge in [0, 0.05) is 22.7 Å². The molecule has 4 aromatic rings. The molecular weight excluding hydrogens is 659 g/mol. The van der Waals surface area contributed by atoms with E-state index >= 15 is 0 Å². The van der Waals surface area contributed by atoms with Crippen LogP contribution in [0, 0.1) is 11.6 Å². The third-order valence-electron chi connectivity index (χ3n) is 11.0. The summed E-state index contributed by atoms with van der Waals surface area (Å²) in [6.07, 6.45) is 6.46. The van der Waals surface area contributed by atoms with E-state index in [-0.39, 0.29) is 35.9 Å². The molecule has 0 aromatic heterocycles. The predicted octanol–water partition coefficient (Wildman–Crippen LogP) is 7.31. The second-order valence-electron chi connectivity index (χ2n) is 14.0. The topological polar surface area (TPSA) is 82.5 Å². The van der Waals surface area contributed by atoms with Crippen LogP contribution in [0.2, 0.25) is 0 Å². The molecule has 0 radical (unpaired) electrons. The molecule has 262 valence electrons. The highest BCUT2D eigenvalue weighted by molar-refractivity contribution is 7.75.